The Hall–Kier alpha value is -1.69. The first-order chi connectivity index (χ1) is 14.6. The van der Waals surface area contributed by atoms with E-state index in [1.165, 1.54) is 11.8 Å². The summed E-state index contributed by atoms with van der Waals surface area (Å²) in [6.45, 7) is -1.50. The Bertz CT molecular complexity index is 535. The van der Waals surface area contributed by atoms with Crippen molar-refractivity contribution in [3.8, 4) is 0 Å². The Kier molecular flexibility index (Phi) is 16.0. The Morgan fingerprint density at radius 3 is 1.42 bits per heavy atom. The van der Waals surface area contributed by atoms with E-state index in [0.29, 0.717) is 11.5 Å². The molecule has 6 atom stereocenters. The van der Waals surface area contributed by atoms with Crippen molar-refractivity contribution in [2.45, 2.75) is 49.5 Å². The molecule has 0 spiro atoms. The summed E-state index contributed by atoms with van der Waals surface area (Å²) >= 11 is 1.29. The number of nitrogens with one attached hydrogen (secondary N) is 2. The zero-order valence-corrected chi connectivity index (χ0v) is 17.4. The van der Waals surface area contributed by atoms with Gasteiger partial charge in [-0.1, -0.05) is 0 Å². The predicted molar refractivity (Wildman–Crippen MR) is 110 cm³/mol. The second-order valence-corrected chi connectivity index (χ2v) is 7.43. The fourth-order valence-electron chi connectivity index (χ4n) is 1.76. The van der Waals surface area contributed by atoms with Gasteiger partial charge in [0, 0.05) is 24.3 Å². The zero-order valence-electron chi connectivity index (χ0n) is 16.6. The summed E-state index contributed by atoms with van der Waals surface area (Å²) in [5.41, 5.74) is 4.22. The molecule has 0 radical (unpaired) electrons. The number of nitrogens with zero attached hydrogens (tertiary/aromatic N) is 2. The van der Waals surface area contributed by atoms with Crippen LogP contribution in [0.5, 0.6) is 0 Å². The Labute approximate surface area is 182 Å². The molecule has 0 aromatic carbocycles. The normalized spacial score (nSPS) is 17.8. The third-order valence-electron chi connectivity index (χ3n) is 3.64. The Morgan fingerprint density at radius 1 is 0.742 bits per heavy atom. The molecule has 10 N–H and O–H groups in total. The molecule has 0 fully saturated rings. The number of hydrazone groups is 2. The molecule has 0 aromatic rings. The maximum Gasteiger partial charge on any atom is 0.240 e. The molecule has 0 rings (SSSR count). The van der Waals surface area contributed by atoms with Gasteiger partial charge in [-0.05, 0) is 0 Å². The van der Waals surface area contributed by atoms with Crippen LogP contribution >= 0.6 is 11.8 Å². The maximum atomic E-state index is 11.6. The molecule has 0 saturated carbocycles. The molecule has 15 heteroatoms. The zero-order chi connectivity index (χ0) is 23.8. The molecular formula is C16H30N4O10S. The van der Waals surface area contributed by atoms with Crippen LogP contribution in [0, 0.1) is 0 Å². The van der Waals surface area contributed by atoms with E-state index in [2.05, 4.69) is 21.1 Å². The predicted octanol–water partition coefficient (Wildman–Crippen LogP) is -5.15. The standard InChI is InChI=1S/C16H30N4O10S/c21-7-11(25)15(29)9(23)5-17-19-13(27)1-3-31-4-2-14(28)20-18-6-10(24)16(30)12(26)8-22/h5-6,9-12,15-16,21-26,29-30H,1-4,7-8H2,(H,19,27)(H,20,28). The van der Waals surface area contributed by atoms with Crippen LogP contribution in [0.4, 0.5) is 0 Å². The molecule has 0 bridgehead atoms. The van der Waals surface area contributed by atoms with Crippen LogP contribution in [0.3, 0.4) is 0 Å². The molecule has 180 valence electrons. The molecular weight excluding hydrogens is 440 g/mol. The van der Waals surface area contributed by atoms with Gasteiger partial charge in [-0.15, -0.1) is 0 Å². The third kappa shape index (κ3) is 13.4. The quantitative estimate of drug-likeness (QED) is 0.0580. The summed E-state index contributed by atoms with van der Waals surface area (Å²) in [7, 11) is 0. The van der Waals surface area contributed by atoms with Crippen LogP contribution in [0.15, 0.2) is 10.2 Å². The van der Waals surface area contributed by atoms with Crippen molar-refractivity contribution in [2.24, 2.45) is 10.2 Å². The number of carbonyl (C=O) groups is 2. The van der Waals surface area contributed by atoms with E-state index < -0.39 is 61.7 Å². The highest BCUT2D eigenvalue weighted by Crippen LogP contribution is 2.04. The minimum atomic E-state index is -1.66. The molecule has 0 heterocycles. The second kappa shape index (κ2) is 16.9. The number of aliphatic hydroxyl groups excluding tert-OH is 8. The molecule has 0 aliphatic carbocycles. The first kappa shape index (κ1) is 29.3. The minimum absolute atomic E-state index is 0.0525. The van der Waals surface area contributed by atoms with Crippen LogP contribution in [0.2, 0.25) is 0 Å². The Morgan fingerprint density at radius 2 is 1.10 bits per heavy atom. The van der Waals surface area contributed by atoms with Gasteiger partial charge in [-0.25, -0.2) is 10.9 Å². The summed E-state index contributed by atoms with van der Waals surface area (Å²) in [5, 5.41) is 80.1. The van der Waals surface area contributed by atoms with Gasteiger partial charge in [0.1, 0.15) is 36.6 Å². The van der Waals surface area contributed by atoms with Gasteiger partial charge in [0.15, 0.2) is 0 Å². The van der Waals surface area contributed by atoms with Gasteiger partial charge >= 0.3 is 0 Å². The number of hydrogen-bond acceptors (Lipinski definition) is 13. The van der Waals surface area contributed by atoms with Gasteiger partial charge in [-0.3, -0.25) is 9.59 Å². The average molecular weight is 471 g/mol. The van der Waals surface area contributed by atoms with E-state index in [4.69, 9.17) is 20.4 Å². The number of hydrogen-bond donors (Lipinski definition) is 10. The lowest BCUT2D eigenvalue weighted by atomic mass is 10.1. The number of amides is 2. The highest BCUT2D eigenvalue weighted by atomic mass is 32.2. The van der Waals surface area contributed by atoms with Crippen molar-refractivity contribution in [2.75, 3.05) is 24.7 Å². The highest BCUT2D eigenvalue weighted by molar-refractivity contribution is 7.99. The van der Waals surface area contributed by atoms with E-state index in [-0.39, 0.29) is 12.8 Å². The molecule has 2 amide bonds. The first-order valence-corrected chi connectivity index (χ1v) is 10.3. The fourth-order valence-corrected chi connectivity index (χ4v) is 2.63. The van der Waals surface area contributed by atoms with Crippen LogP contribution in [-0.4, -0.2) is 126 Å². The molecule has 6 unspecified atom stereocenters. The van der Waals surface area contributed by atoms with Crippen molar-refractivity contribution in [1.82, 2.24) is 10.9 Å². The highest BCUT2D eigenvalue weighted by Gasteiger charge is 2.23. The number of carbonyl (C=O) groups excluding carboxylic acids is 2. The summed E-state index contributed by atoms with van der Waals surface area (Å²) in [6, 6.07) is 0. The topological polar surface area (TPSA) is 245 Å². The summed E-state index contributed by atoms with van der Waals surface area (Å²) in [5.74, 6) is -0.258. The lowest BCUT2D eigenvalue weighted by molar-refractivity contribution is -0.121. The summed E-state index contributed by atoms with van der Waals surface area (Å²) in [6.07, 6.45) is -7.86. The van der Waals surface area contributed by atoms with Crippen molar-refractivity contribution < 1.29 is 50.4 Å². The molecule has 0 aromatic heterocycles. The van der Waals surface area contributed by atoms with Crippen molar-refractivity contribution in [3.05, 3.63) is 0 Å². The average Bonchev–Trinajstić information content (AvgIpc) is 2.76. The van der Waals surface area contributed by atoms with E-state index in [1.807, 2.05) is 0 Å². The number of rotatable bonds is 16. The molecule has 0 aliphatic heterocycles. The molecule has 31 heavy (non-hydrogen) atoms. The van der Waals surface area contributed by atoms with E-state index in [9.17, 15) is 30.0 Å². The molecule has 0 aliphatic rings. The molecule has 14 nitrogen and oxygen atoms in total. The maximum absolute atomic E-state index is 11.6. The van der Waals surface area contributed by atoms with E-state index in [0.717, 1.165) is 12.4 Å². The van der Waals surface area contributed by atoms with Gasteiger partial charge in [0.25, 0.3) is 0 Å². The van der Waals surface area contributed by atoms with Crippen molar-refractivity contribution in [3.63, 3.8) is 0 Å². The SMILES string of the molecule is O=C(CCSCCC(=O)NN=CC(O)C(O)C(O)CO)NN=CC(O)C(O)C(O)CO. The van der Waals surface area contributed by atoms with Gasteiger partial charge < -0.3 is 40.9 Å². The minimum Gasteiger partial charge on any atom is -0.394 e. The van der Waals surface area contributed by atoms with Gasteiger partial charge in [0.2, 0.25) is 11.8 Å². The largest absolute Gasteiger partial charge is 0.394 e. The van der Waals surface area contributed by atoms with Gasteiger partial charge in [-0.2, -0.15) is 22.0 Å². The Balaban J connectivity index is 3.94. The lowest BCUT2D eigenvalue weighted by Gasteiger charge is -2.17. The van der Waals surface area contributed by atoms with Crippen molar-refractivity contribution >= 4 is 36.0 Å². The van der Waals surface area contributed by atoms with Crippen LogP contribution < -0.4 is 10.9 Å². The smallest absolute Gasteiger partial charge is 0.240 e. The van der Waals surface area contributed by atoms with Crippen LogP contribution in [0.1, 0.15) is 12.8 Å². The molecule has 0 saturated heterocycles. The summed E-state index contributed by atoms with van der Waals surface area (Å²) in [4.78, 5) is 23.1. The van der Waals surface area contributed by atoms with Gasteiger partial charge in [0.05, 0.1) is 25.6 Å². The lowest BCUT2D eigenvalue weighted by Crippen LogP contribution is -2.40. The number of thioether (sulfide) groups is 1. The number of aliphatic hydroxyl groups is 8. The fraction of sp³-hybridized carbons (Fsp3) is 0.750. The first-order valence-electron chi connectivity index (χ1n) is 9.15. The van der Waals surface area contributed by atoms with Crippen molar-refractivity contribution in [1.29, 1.82) is 0 Å². The van der Waals surface area contributed by atoms with E-state index >= 15 is 0 Å². The van der Waals surface area contributed by atoms with Crippen LogP contribution in [0.25, 0.3) is 0 Å². The monoisotopic (exact) mass is 470 g/mol. The second-order valence-electron chi connectivity index (χ2n) is 6.20. The van der Waals surface area contributed by atoms with Crippen LogP contribution in [-0.2, 0) is 9.59 Å². The third-order valence-corrected chi connectivity index (χ3v) is 4.63. The van der Waals surface area contributed by atoms with E-state index in [1.54, 1.807) is 0 Å². The summed E-state index contributed by atoms with van der Waals surface area (Å²) < 4.78 is 0.